The van der Waals surface area contributed by atoms with Gasteiger partial charge in [0.25, 0.3) is 10.0 Å². The largest absolute Gasteiger partial charge is 0.478 e. The Morgan fingerprint density at radius 3 is 1.97 bits per heavy atom. The van der Waals surface area contributed by atoms with E-state index >= 15 is 0 Å². The van der Waals surface area contributed by atoms with E-state index in [0.717, 1.165) is 22.5 Å². The van der Waals surface area contributed by atoms with Crippen LogP contribution in [0.5, 0.6) is 0 Å². The first-order valence-electron chi connectivity index (χ1n) is 10.6. The van der Waals surface area contributed by atoms with Gasteiger partial charge in [-0.2, -0.15) is 13.2 Å². The molecule has 6 nitrogen and oxygen atoms in total. The SMILES string of the molecule is CC(C)N(c1ccc(C(F)(F)F)cc1C(C)(N)c1ccc(C(=O)O)cc1)S(=O)(=O)c1ccccc1. The van der Waals surface area contributed by atoms with Gasteiger partial charge >= 0.3 is 12.1 Å². The fourth-order valence-corrected chi connectivity index (χ4v) is 5.53. The molecule has 0 fully saturated rings. The van der Waals surface area contributed by atoms with Crippen molar-refractivity contribution < 1.29 is 31.5 Å². The van der Waals surface area contributed by atoms with E-state index in [2.05, 4.69) is 0 Å². The number of hydrogen-bond donors (Lipinski definition) is 2. The maximum atomic E-state index is 13.7. The lowest BCUT2D eigenvalue weighted by Crippen LogP contribution is -2.42. The number of nitrogens with zero attached hydrogens (tertiary/aromatic N) is 1. The van der Waals surface area contributed by atoms with Crippen LogP contribution in [-0.4, -0.2) is 25.5 Å². The first-order valence-corrected chi connectivity index (χ1v) is 12.1. The van der Waals surface area contributed by atoms with Crippen molar-refractivity contribution in [1.29, 1.82) is 0 Å². The van der Waals surface area contributed by atoms with E-state index in [1.165, 1.54) is 43.3 Å². The predicted molar refractivity (Wildman–Crippen MR) is 127 cm³/mol. The van der Waals surface area contributed by atoms with E-state index in [1.807, 2.05) is 0 Å². The molecule has 1 atom stereocenters. The summed E-state index contributed by atoms with van der Waals surface area (Å²) in [6.45, 7) is 4.67. The van der Waals surface area contributed by atoms with Crippen molar-refractivity contribution in [2.75, 3.05) is 4.31 Å². The van der Waals surface area contributed by atoms with Crippen molar-refractivity contribution in [3.63, 3.8) is 0 Å². The van der Waals surface area contributed by atoms with Gasteiger partial charge in [0.1, 0.15) is 0 Å². The molecule has 0 radical (unpaired) electrons. The fraction of sp³-hybridized carbons (Fsp3) is 0.240. The van der Waals surface area contributed by atoms with E-state index < -0.39 is 39.3 Å². The number of hydrogen-bond acceptors (Lipinski definition) is 4. The highest BCUT2D eigenvalue weighted by molar-refractivity contribution is 7.92. The molecule has 3 aromatic carbocycles. The van der Waals surface area contributed by atoms with Gasteiger partial charge in [0.15, 0.2) is 0 Å². The van der Waals surface area contributed by atoms with Crippen LogP contribution in [0.1, 0.15) is 47.8 Å². The Bertz CT molecular complexity index is 1320. The highest BCUT2D eigenvalue weighted by Gasteiger charge is 2.38. The highest BCUT2D eigenvalue weighted by atomic mass is 32.2. The Morgan fingerprint density at radius 1 is 0.943 bits per heavy atom. The van der Waals surface area contributed by atoms with Crippen LogP contribution in [0.2, 0.25) is 0 Å². The Morgan fingerprint density at radius 2 is 1.49 bits per heavy atom. The number of alkyl halides is 3. The number of benzene rings is 3. The zero-order valence-electron chi connectivity index (χ0n) is 19.2. The van der Waals surface area contributed by atoms with E-state index in [9.17, 15) is 26.4 Å². The number of sulfonamides is 1. The summed E-state index contributed by atoms with van der Waals surface area (Å²) in [6, 6.07) is 15.0. The van der Waals surface area contributed by atoms with E-state index in [4.69, 9.17) is 10.8 Å². The maximum absolute atomic E-state index is 13.7. The third kappa shape index (κ3) is 5.18. The molecule has 3 rings (SSSR count). The van der Waals surface area contributed by atoms with Crippen LogP contribution < -0.4 is 10.0 Å². The molecule has 35 heavy (non-hydrogen) atoms. The molecule has 0 spiro atoms. The van der Waals surface area contributed by atoms with Crippen molar-refractivity contribution in [1.82, 2.24) is 0 Å². The number of carbonyl (C=O) groups is 1. The van der Waals surface area contributed by atoms with Crippen LogP contribution in [0.4, 0.5) is 18.9 Å². The summed E-state index contributed by atoms with van der Waals surface area (Å²) in [5, 5.41) is 9.17. The van der Waals surface area contributed by atoms with Crippen LogP contribution in [-0.2, 0) is 21.7 Å². The summed E-state index contributed by atoms with van der Waals surface area (Å²) in [6.07, 6.45) is -4.70. The van der Waals surface area contributed by atoms with Crippen molar-refractivity contribution in [2.45, 2.75) is 43.4 Å². The molecule has 3 N–H and O–H groups in total. The first kappa shape index (κ1) is 26.2. The van der Waals surface area contributed by atoms with Gasteiger partial charge in [-0.3, -0.25) is 4.31 Å². The first-order chi connectivity index (χ1) is 16.2. The molecule has 1 unspecified atom stereocenters. The molecule has 0 aliphatic rings. The third-order valence-electron chi connectivity index (χ3n) is 5.62. The number of halogens is 3. The number of nitrogens with two attached hydrogens (primary N) is 1. The molecule has 3 aromatic rings. The summed E-state index contributed by atoms with van der Waals surface area (Å²) >= 11 is 0. The average molecular weight is 507 g/mol. The topological polar surface area (TPSA) is 101 Å². The monoisotopic (exact) mass is 506 g/mol. The summed E-state index contributed by atoms with van der Waals surface area (Å²) in [7, 11) is -4.17. The van der Waals surface area contributed by atoms with Crippen molar-refractivity contribution in [3.05, 3.63) is 95.1 Å². The fourth-order valence-electron chi connectivity index (χ4n) is 3.83. The van der Waals surface area contributed by atoms with Gasteiger partial charge in [-0.25, -0.2) is 13.2 Å². The maximum Gasteiger partial charge on any atom is 0.416 e. The van der Waals surface area contributed by atoms with E-state index in [1.54, 1.807) is 32.0 Å². The van der Waals surface area contributed by atoms with Gasteiger partial charge in [-0.1, -0.05) is 30.3 Å². The number of carboxylic acids is 1. The van der Waals surface area contributed by atoms with Crippen molar-refractivity contribution >= 4 is 21.7 Å². The van der Waals surface area contributed by atoms with E-state index in [0.29, 0.717) is 5.56 Å². The smallest absolute Gasteiger partial charge is 0.416 e. The Labute approximate surface area is 201 Å². The number of aromatic carboxylic acids is 1. The van der Waals surface area contributed by atoms with Gasteiger partial charge in [-0.05, 0) is 68.8 Å². The van der Waals surface area contributed by atoms with Crippen LogP contribution in [0.3, 0.4) is 0 Å². The average Bonchev–Trinajstić information content (AvgIpc) is 2.78. The summed E-state index contributed by atoms with van der Waals surface area (Å²) in [5.74, 6) is -1.17. The molecule has 186 valence electrons. The molecular weight excluding hydrogens is 481 g/mol. The van der Waals surface area contributed by atoms with Gasteiger partial charge in [0, 0.05) is 11.6 Å². The zero-order valence-corrected chi connectivity index (χ0v) is 20.1. The zero-order chi connectivity index (χ0) is 26.2. The lowest BCUT2D eigenvalue weighted by atomic mass is 9.83. The minimum Gasteiger partial charge on any atom is -0.478 e. The molecule has 0 saturated carbocycles. The molecular formula is C25H25F3N2O4S. The van der Waals surface area contributed by atoms with Crippen LogP contribution in [0.25, 0.3) is 0 Å². The summed E-state index contributed by atoms with van der Waals surface area (Å²) in [5.41, 5.74) is 4.18. The van der Waals surface area contributed by atoms with Gasteiger partial charge in [-0.15, -0.1) is 0 Å². The second-order valence-electron chi connectivity index (χ2n) is 8.52. The Balaban J connectivity index is 2.29. The lowest BCUT2D eigenvalue weighted by molar-refractivity contribution is -0.137. The molecule has 0 heterocycles. The normalized spacial score (nSPS) is 13.9. The van der Waals surface area contributed by atoms with Crippen LogP contribution in [0.15, 0.2) is 77.7 Å². The van der Waals surface area contributed by atoms with Crippen molar-refractivity contribution in [2.24, 2.45) is 5.73 Å². The van der Waals surface area contributed by atoms with Crippen LogP contribution in [0, 0.1) is 0 Å². The van der Waals surface area contributed by atoms with Crippen molar-refractivity contribution in [3.8, 4) is 0 Å². The summed E-state index contributed by atoms with van der Waals surface area (Å²) < 4.78 is 69.2. The van der Waals surface area contributed by atoms with Gasteiger partial charge < -0.3 is 10.8 Å². The standard InChI is InChI=1S/C25H25F3N2O4S/c1-16(2)30(35(33,34)20-7-5-4-6-8-20)22-14-13-19(25(26,27)28)15-21(22)24(3,29)18-11-9-17(10-12-18)23(31)32/h4-16H,29H2,1-3H3,(H,31,32). The molecule has 0 amide bonds. The molecule has 0 bridgehead atoms. The lowest BCUT2D eigenvalue weighted by Gasteiger charge is -2.35. The Hall–Kier alpha value is -3.37. The minimum atomic E-state index is -4.70. The summed E-state index contributed by atoms with van der Waals surface area (Å²) in [4.78, 5) is 11.2. The molecule has 0 saturated heterocycles. The van der Waals surface area contributed by atoms with Gasteiger partial charge in [0.2, 0.25) is 0 Å². The quantitative estimate of drug-likeness (QED) is 0.457. The predicted octanol–water partition coefficient (Wildman–Crippen LogP) is 5.23. The number of carboxylic acid groups (broad SMARTS) is 1. The van der Waals surface area contributed by atoms with Crippen LogP contribution >= 0.6 is 0 Å². The number of anilines is 1. The minimum absolute atomic E-state index is 0.0100. The highest BCUT2D eigenvalue weighted by Crippen LogP contribution is 2.41. The van der Waals surface area contributed by atoms with Gasteiger partial charge in [0.05, 0.1) is 27.2 Å². The molecule has 0 aliphatic heterocycles. The molecule has 10 heteroatoms. The second-order valence-corrected chi connectivity index (χ2v) is 10.3. The van der Waals surface area contributed by atoms with E-state index in [-0.39, 0.29) is 21.7 Å². The Kier molecular flexibility index (Phi) is 7.01. The third-order valence-corrected chi connectivity index (χ3v) is 7.63. The molecule has 0 aromatic heterocycles. The second kappa shape index (κ2) is 9.35. The molecule has 0 aliphatic carbocycles. The number of rotatable bonds is 7.